The SMILES string of the molecule is CC(=O)OCCCCI.C[C@@H](CBr)C(=O)O. The molecule has 0 aliphatic heterocycles. The van der Waals surface area contributed by atoms with Gasteiger partial charge in [-0.25, -0.2) is 0 Å². The third-order valence-electron chi connectivity index (χ3n) is 1.49. The van der Waals surface area contributed by atoms with E-state index in [2.05, 4.69) is 38.5 Å². The molecule has 1 atom stereocenters. The molecule has 1 N–H and O–H groups in total. The highest BCUT2D eigenvalue weighted by atomic mass is 127. The highest BCUT2D eigenvalue weighted by Gasteiger charge is 2.06. The van der Waals surface area contributed by atoms with Gasteiger partial charge in [-0.3, -0.25) is 9.59 Å². The second-order valence-corrected chi connectivity index (χ2v) is 4.86. The molecule has 0 aliphatic rings. The van der Waals surface area contributed by atoms with Gasteiger partial charge in [-0.15, -0.1) is 0 Å². The van der Waals surface area contributed by atoms with Crippen LogP contribution in [0.1, 0.15) is 26.7 Å². The van der Waals surface area contributed by atoms with Crippen molar-refractivity contribution in [1.82, 2.24) is 0 Å². The zero-order valence-corrected chi connectivity index (χ0v) is 13.3. The lowest BCUT2D eigenvalue weighted by molar-refractivity contribution is -0.141. The van der Waals surface area contributed by atoms with Crippen LogP contribution in [0.3, 0.4) is 0 Å². The van der Waals surface area contributed by atoms with Crippen molar-refractivity contribution in [2.45, 2.75) is 26.7 Å². The maximum absolute atomic E-state index is 10.2. The number of esters is 1. The van der Waals surface area contributed by atoms with Crippen LogP contribution in [0.15, 0.2) is 0 Å². The van der Waals surface area contributed by atoms with E-state index in [1.165, 1.54) is 6.92 Å². The molecule has 96 valence electrons. The van der Waals surface area contributed by atoms with E-state index in [4.69, 9.17) is 9.84 Å². The number of ether oxygens (including phenoxy) is 1. The Balaban J connectivity index is 0. The predicted octanol–water partition coefficient (Wildman–Crippen LogP) is 2.87. The first kappa shape index (κ1) is 18.5. The molecular weight excluding hydrogens is 391 g/mol. The van der Waals surface area contributed by atoms with Crippen molar-refractivity contribution in [1.29, 1.82) is 0 Å². The van der Waals surface area contributed by atoms with Gasteiger partial charge in [0.05, 0.1) is 12.5 Å². The molecule has 0 aromatic rings. The third-order valence-corrected chi connectivity index (χ3v) is 3.22. The number of halogens is 2. The highest BCUT2D eigenvalue weighted by molar-refractivity contribution is 14.1. The van der Waals surface area contributed by atoms with Gasteiger partial charge in [0.2, 0.25) is 0 Å². The minimum atomic E-state index is -0.753. The van der Waals surface area contributed by atoms with E-state index in [1.54, 1.807) is 6.92 Å². The van der Waals surface area contributed by atoms with E-state index in [-0.39, 0.29) is 11.9 Å². The molecule has 0 heterocycles. The zero-order valence-electron chi connectivity index (χ0n) is 9.54. The van der Waals surface area contributed by atoms with Crippen molar-refractivity contribution < 1.29 is 19.4 Å². The summed E-state index contributed by atoms with van der Waals surface area (Å²) in [5.74, 6) is -1.19. The average molecular weight is 409 g/mol. The molecule has 0 unspecified atom stereocenters. The number of rotatable bonds is 6. The molecule has 0 spiro atoms. The first-order valence-corrected chi connectivity index (χ1v) is 7.58. The Morgan fingerprint density at radius 1 is 1.44 bits per heavy atom. The molecule has 6 heteroatoms. The number of carbonyl (C=O) groups is 2. The number of hydrogen-bond acceptors (Lipinski definition) is 3. The maximum atomic E-state index is 10.2. The van der Waals surface area contributed by atoms with Crippen LogP contribution < -0.4 is 0 Å². The number of hydrogen-bond donors (Lipinski definition) is 1. The van der Waals surface area contributed by atoms with Crippen molar-refractivity contribution in [3.8, 4) is 0 Å². The minimum absolute atomic E-state index is 0.177. The van der Waals surface area contributed by atoms with Crippen LogP contribution in [-0.4, -0.2) is 33.4 Å². The lowest BCUT2D eigenvalue weighted by atomic mass is 10.2. The van der Waals surface area contributed by atoms with Crippen LogP contribution in [0.2, 0.25) is 0 Å². The molecule has 0 aliphatic carbocycles. The van der Waals surface area contributed by atoms with E-state index in [0.717, 1.165) is 17.3 Å². The van der Waals surface area contributed by atoms with Crippen LogP contribution in [0, 0.1) is 5.92 Å². The van der Waals surface area contributed by atoms with Gasteiger partial charge in [0.25, 0.3) is 0 Å². The molecule has 0 amide bonds. The monoisotopic (exact) mass is 408 g/mol. The van der Waals surface area contributed by atoms with Gasteiger partial charge in [-0.05, 0) is 17.3 Å². The fourth-order valence-corrected chi connectivity index (χ4v) is 1.29. The molecule has 0 saturated carbocycles. The number of carboxylic acid groups (broad SMARTS) is 1. The van der Waals surface area contributed by atoms with Crippen LogP contribution >= 0.6 is 38.5 Å². The highest BCUT2D eigenvalue weighted by Crippen LogP contribution is 1.97. The van der Waals surface area contributed by atoms with Gasteiger partial charge in [-0.2, -0.15) is 0 Å². The Morgan fingerprint density at radius 3 is 2.25 bits per heavy atom. The number of carbonyl (C=O) groups excluding carboxylic acids is 1. The molecule has 0 radical (unpaired) electrons. The molecule has 0 rings (SSSR count). The molecular formula is C10H18BrIO4. The number of aliphatic carboxylic acids is 1. The van der Waals surface area contributed by atoms with Crippen LogP contribution in [-0.2, 0) is 14.3 Å². The summed E-state index contributed by atoms with van der Waals surface area (Å²) < 4.78 is 5.84. The molecule has 0 aromatic heterocycles. The second kappa shape index (κ2) is 13.2. The van der Waals surface area contributed by atoms with Crippen LogP contribution in [0.4, 0.5) is 0 Å². The van der Waals surface area contributed by atoms with Crippen molar-refractivity contribution >= 4 is 50.5 Å². The summed E-state index contributed by atoms with van der Waals surface area (Å²) in [5, 5.41) is 8.68. The van der Waals surface area contributed by atoms with Crippen molar-refractivity contribution in [2.24, 2.45) is 5.92 Å². The van der Waals surface area contributed by atoms with Gasteiger partial charge in [-0.1, -0.05) is 45.4 Å². The topological polar surface area (TPSA) is 63.6 Å². The average Bonchev–Trinajstić information content (AvgIpc) is 2.23. The lowest BCUT2D eigenvalue weighted by Crippen LogP contribution is -2.09. The van der Waals surface area contributed by atoms with Crippen molar-refractivity contribution in [3.63, 3.8) is 0 Å². The number of alkyl halides is 2. The molecule has 0 bridgehead atoms. The van der Waals surface area contributed by atoms with Crippen LogP contribution in [0.25, 0.3) is 0 Å². The van der Waals surface area contributed by atoms with Gasteiger partial charge < -0.3 is 9.84 Å². The summed E-state index contributed by atoms with van der Waals surface area (Å²) in [5.41, 5.74) is 0. The zero-order chi connectivity index (χ0) is 13.0. The van der Waals surface area contributed by atoms with E-state index in [0.29, 0.717) is 11.9 Å². The van der Waals surface area contributed by atoms with Gasteiger partial charge in [0, 0.05) is 12.3 Å². The Labute approximate surface area is 118 Å². The summed E-state index contributed by atoms with van der Waals surface area (Å²) in [6, 6.07) is 0. The van der Waals surface area contributed by atoms with E-state index in [1.807, 2.05) is 0 Å². The largest absolute Gasteiger partial charge is 0.481 e. The fourth-order valence-electron chi connectivity index (χ4n) is 0.478. The Morgan fingerprint density at radius 2 is 2.00 bits per heavy atom. The standard InChI is InChI=1S/C6H11IO2.C4H7BrO2/c1-6(8)9-5-3-2-4-7;1-3(2-5)4(6)7/h2-5H2,1H3;3H,2H2,1H3,(H,6,7)/t;3-/m.0/s1. The summed E-state index contributed by atoms with van der Waals surface area (Å²) in [6.45, 7) is 3.67. The summed E-state index contributed by atoms with van der Waals surface area (Å²) in [7, 11) is 0. The normalized spacial score (nSPS) is 11.0. The quantitative estimate of drug-likeness (QED) is 0.317. The molecule has 0 aromatic carbocycles. The fraction of sp³-hybridized carbons (Fsp3) is 0.800. The summed E-state index contributed by atoms with van der Waals surface area (Å²) in [6.07, 6.45) is 2.12. The second-order valence-electron chi connectivity index (χ2n) is 3.13. The minimum Gasteiger partial charge on any atom is -0.481 e. The molecule has 16 heavy (non-hydrogen) atoms. The Hall–Kier alpha value is 0.150. The maximum Gasteiger partial charge on any atom is 0.307 e. The third kappa shape index (κ3) is 16.6. The molecule has 0 saturated heterocycles. The Kier molecular flexibility index (Phi) is 15.3. The summed E-state index contributed by atoms with van der Waals surface area (Å²) >= 11 is 5.34. The van der Waals surface area contributed by atoms with Crippen molar-refractivity contribution in [2.75, 3.05) is 16.4 Å². The smallest absolute Gasteiger partial charge is 0.307 e. The van der Waals surface area contributed by atoms with Gasteiger partial charge in [0.15, 0.2) is 0 Å². The summed E-state index contributed by atoms with van der Waals surface area (Å²) in [4.78, 5) is 20.1. The van der Waals surface area contributed by atoms with Gasteiger partial charge in [0.1, 0.15) is 0 Å². The van der Waals surface area contributed by atoms with Gasteiger partial charge >= 0.3 is 11.9 Å². The first-order valence-electron chi connectivity index (χ1n) is 4.93. The van der Waals surface area contributed by atoms with Crippen molar-refractivity contribution in [3.05, 3.63) is 0 Å². The lowest BCUT2D eigenvalue weighted by Gasteiger charge is -1.97. The number of carboxylic acids is 1. The first-order chi connectivity index (χ1) is 7.45. The number of unbranched alkanes of at least 4 members (excludes halogenated alkanes) is 1. The van der Waals surface area contributed by atoms with E-state index < -0.39 is 5.97 Å². The predicted molar refractivity (Wildman–Crippen MR) is 75.3 cm³/mol. The van der Waals surface area contributed by atoms with E-state index in [9.17, 15) is 9.59 Å². The molecule has 0 fully saturated rings. The molecule has 4 nitrogen and oxygen atoms in total. The Bertz CT molecular complexity index is 199. The van der Waals surface area contributed by atoms with Crippen LogP contribution in [0.5, 0.6) is 0 Å². The van der Waals surface area contributed by atoms with E-state index >= 15 is 0 Å².